The number of halogens is 1. The zero-order valence-electron chi connectivity index (χ0n) is 9.59. The minimum atomic E-state index is -0.321. The molecule has 0 radical (unpaired) electrons. The summed E-state index contributed by atoms with van der Waals surface area (Å²) in [4.78, 5) is 0.216. The summed E-state index contributed by atoms with van der Waals surface area (Å²) < 4.78 is 13.1. The van der Waals surface area contributed by atoms with Crippen LogP contribution in [0.5, 0.6) is 0 Å². The van der Waals surface area contributed by atoms with Crippen LogP contribution in [-0.2, 0) is 0 Å². The summed E-state index contributed by atoms with van der Waals surface area (Å²) in [6.45, 7) is 4.20. The molecule has 0 amide bonds. The van der Waals surface area contributed by atoms with Crippen LogP contribution < -0.4 is 11.1 Å². The molecule has 0 saturated carbocycles. The molecule has 1 rings (SSSR count). The number of rotatable bonds is 5. The van der Waals surface area contributed by atoms with Gasteiger partial charge in [0.15, 0.2) is 0 Å². The standard InChI is InChI=1S/C12H17FN2S/c1-3-9(4-2)15-11-6-5-8(13)7-10(11)12(14)16/h5-7,9,15H,3-4H2,1-2H3,(H2,14,16). The van der Waals surface area contributed by atoms with Crippen LogP contribution in [0.3, 0.4) is 0 Å². The van der Waals surface area contributed by atoms with Crippen molar-refractivity contribution in [1.29, 1.82) is 0 Å². The molecule has 0 aromatic heterocycles. The highest BCUT2D eigenvalue weighted by molar-refractivity contribution is 7.80. The van der Waals surface area contributed by atoms with Crippen molar-refractivity contribution >= 4 is 22.9 Å². The first kappa shape index (κ1) is 12.9. The van der Waals surface area contributed by atoms with Crippen molar-refractivity contribution in [2.75, 3.05) is 5.32 Å². The molecule has 4 heteroatoms. The molecule has 0 aliphatic heterocycles. The molecule has 0 aliphatic carbocycles. The summed E-state index contributed by atoms with van der Waals surface area (Å²) in [7, 11) is 0. The number of anilines is 1. The largest absolute Gasteiger partial charge is 0.389 e. The number of benzene rings is 1. The Morgan fingerprint density at radius 3 is 2.56 bits per heavy atom. The maximum Gasteiger partial charge on any atom is 0.124 e. The molecular formula is C12H17FN2S. The first-order valence-corrected chi connectivity index (χ1v) is 5.85. The predicted molar refractivity (Wildman–Crippen MR) is 70.3 cm³/mol. The highest BCUT2D eigenvalue weighted by Crippen LogP contribution is 2.19. The molecule has 1 aromatic rings. The first-order valence-electron chi connectivity index (χ1n) is 5.44. The summed E-state index contributed by atoms with van der Waals surface area (Å²) in [6.07, 6.45) is 2.01. The zero-order chi connectivity index (χ0) is 12.1. The molecule has 88 valence electrons. The van der Waals surface area contributed by atoms with E-state index < -0.39 is 0 Å². The fourth-order valence-electron chi connectivity index (χ4n) is 1.56. The van der Waals surface area contributed by atoms with Gasteiger partial charge in [-0.05, 0) is 31.0 Å². The maximum absolute atomic E-state index is 13.1. The molecule has 0 heterocycles. The van der Waals surface area contributed by atoms with Crippen molar-refractivity contribution in [3.63, 3.8) is 0 Å². The summed E-state index contributed by atoms with van der Waals surface area (Å²) >= 11 is 4.91. The molecule has 0 saturated heterocycles. The summed E-state index contributed by atoms with van der Waals surface area (Å²) in [5.41, 5.74) is 6.95. The third-order valence-corrected chi connectivity index (χ3v) is 2.81. The number of thiocarbonyl (C=S) groups is 1. The molecule has 2 nitrogen and oxygen atoms in total. The van der Waals surface area contributed by atoms with Gasteiger partial charge in [0.2, 0.25) is 0 Å². The lowest BCUT2D eigenvalue weighted by Crippen LogP contribution is -2.20. The zero-order valence-corrected chi connectivity index (χ0v) is 10.4. The topological polar surface area (TPSA) is 38.0 Å². The van der Waals surface area contributed by atoms with Crippen molar-refractivity contribution in [1.82, 2.24) is 0 Å². The maximum atomic E-state index is 13.1. The van der Waals surface area contributed by atoms with Crippen molar-refractivity contribution in [2.45, 2.75) is 32.7 Å². The fraction of sp³-hybridized carbons (Fsp3) is 0.417. The average molecular weight is 240 g/mol. The Kier molecular flexibility index (Phi) is 4.68. The molecule has 0 spiro atoms. The monoisotopic (exact) mass is 240 g/mol. The van der Waals surface area contributed by atoms with Crippen LogP contribution in [0.2, 0.25) is 0 Å². The van der Waals surface area contributed by atoms with Crippen LogP contribution in [0.1, 0.15) is 32.3 Å². The van der Waals surface area contributed by atoms with Gasteiger partial charge in [0.25, 0.3) is 0 Å². The highest BCUT2D eigenvalue weighted by Gasteiger charge is 2.10. The van der Waals surface area contributed by atoms with Crippen molar-refractivity contribution in [3.05, 3.63) is 29.6 Å². The average Bonchev–Trinajstić information content (AvgIpc) is 2.27. The summed E-state index contributed by atoms with van der Waals surface area (Å²) in [5.74, 6) is -0.321. The molecular weight excluding hydrogens is 223 g/mol. The van der Waals surface area contributed by atoms with Crippen LogP contribution in [-0.4, -0.2) is 11.0 Å². The molecule has 0 unspecified atom stereocenters. The van der Waals surface area contributed by atoms with Crippen molar-refractivity contribution in [2.24, 2.45) is 5.73 Å². The lowest BCUT2D eigenvalue weighted by atomic mass is 10.1. The van der Waals surface area contributed by atoms with Crippen LogP contribution in [0.4, 0.5) is 10.1 Å². The molecule has 0 aliphatic rings. The van der Waals surface area contributed by atoms with E-state index in [1.54, 1.807) is 6.07 Å². The third-order valence-electron chi connectivity index (χ3n) is 2.59. The quantitative estimate of drug-likeness (QED) is 0.777. The first-order chi connectivity index (χ1) is 7.58. The number of hydrogen-bond donors (Lipinski definition) is 2. The molecule has 0 fully saturated rings. The number of nitrogens with two attached hydrogens (primary N) is 1. The second kappa shape index (κ2) is 5.80. The molecule has 3 N–H and O–H groups in total. The normalized spacial score (nSPS) is 10.5. The lowest BCUT2D eigenvalue weighted by molar-refractivity contribution is 0.626. The van der Waals surface area contributed by atoms with Gasteiger partial charge in [0, 0.05) is 17.3 Å². The van der Waals surface area contributed by atoms with Crippen molar-refractivity contribution < 1.29 is 4.39 Å². The molecule has 16 heavy (non-hydrogen) atoms. The van der Waals surface area contributed by atoms with E-state index in [0.717, 1.165) is 18.5 Å². The van der Waals surface area contributed by atoms with Gasteiger partial charge in [-0.15, -0.1) is 0 Å². The van der Waals surface area contributed by atoms with Gasteiger partial charge in [-0.25, -0.2) is 4.39 Å². The van der Waals surface area contributed by atoms with Gasteiger partial charge in [0.05, 0.1) is 0 Å². The van der Waals surface area contributed by atoms with E-state index in [-0.39, 0.29) is 10.8 Å². The van der Waals surface area contributed by atoms with Gasteiger partial charge in [-0.1, -0.05) is 26.1 Å². The van der Waals surface area contributed by atoms with Crippen LogP contribution in [0.15, 0.2) is 18.2 Å². The van der Waals surface area contributed by atoms with E-state index in [1.807, 2.05) is 0 Å². The second-order valence-corrected chi connectivity index (χ2v) is 4.15. The van der Waals surface area contributed by atoms with Gasteiger partial charge in [0.1, 0.15) is 10.8 Å². The number of nitrogens with one attached hydrogen (secondary N) is 1. The Morgan fingerprint density at radius 2 is 2.06 bits per heavy atom. The van der Waals surface area contributed by atoms with Gasteiger partial charge in [-0.3, -0.25) is 0 Å². The SMILES string of the molecule is CCC(CC)Nc1ccc(F)cc1C(N)=S. The Balaban J connectivity index is 2.98. The Bertz CT molecular complexity index is 375. The van der Waals surface area contributed by atoms with E-state index in [1.165, 1.54) is 12.1 Å². The van der Waals surface area contributed by atoms with Crippen LogP contribution in [0.25, 0.3) is 0 Å². The van der Waals surface area contributed by atoms with Gasteiger partial charge >= 0.3 is 0 Å². The number of hydrogen-bond acceptors (Lipinski definition) is 2. The van der Waals surface area contributed by atoms with Gasteiger partial charge < -0.3 is 11.1 Å². The smallest absolute Gasteiger partial charge is 0.124 e. The second-order valence-electron chi connectivity index (χ2n) is 3.71. The van der Waals surface area contributed by atoms with Crippen molar-refractivity contribution in [3.8, 4) is 0 Å². The van der Waals surface area contributed by atoms with E-state index in [2.05, 4.69) is 19.2 Å². The highest BCUT2D eigenvalue weighted by atomic mass is 32.1. The minimum absolute atomic E-state index is 0.216. The third kappa shape index (κ3) is 3.17. The van der Waals surface area contributed by atoms with Crippen LogP contribution >= 0.6 is 12.2 Å². The summed E-state index contributed by atoms with van der Waals surface area (Å²) in [6, 6.07) is 4.82. The van der Waals surface area contributed by atoms with E-state index >= 15 is 0 Å². The molecule has 0 atom stereocenters. The Morgan fingerprint density at radius 1 is 1.44 bits per heavy atom. The predicted octanol–water partition coefficient (Wildman–Crippen LogP) is 3.06. The van der Waals surface area contributed by atoms with Crippen LogP contribution in [0, 0.1) is 5.82 Å². The Labute approximate surface area is 101 Å². The lowest BCUT2D eigenvalue weighted by Gasteiger charge is -2.18. The Hall–Kier alpha value is -1.16. The van der Waals surface area contributed by atoms with Gasteiger partial charge in [-0.2, -0.15) is 0 Å². The summed E-state index contributed by atoms with van der Waals surface area (Å²) in [5, 5.41) is 3.32. The molecule has 1 aromatic carbocycles. The fourth-order valence-corrected chi connectivity index (χ4v) is 1.73. The minimum Gasteiger partial charge on any atom is -0.389 e. The molecule has 0 bridgehead atoms. The van der Waals surface area contributed by atoms with E-state index in [9.17, 15) is 4.39 Å². The van der Waals surface area contributed by atoms with E-state index in [4.69, 9.17) is 18.0 Å². The van der Waals surface area contributed by atoms with E-state index in [0.29, 0.717) is 11.6 Å².